The van der Waals surface area contributed by atoms with Crippen molar-refractivity contribution in [2.75, 3.05) is 0 Å². The molecule has 9 heteroatoms. The number of rotatable bonds is 4. The number of hydrogen-bond donors (Lipinski definition) is 1. The number of pyridine rings is 1. The highest BCUT2D eigenvalue weighted by Crippen LogP contribution is 2.42. The van der Waals surface area contributed by atoms with Gasteiger partial charge in [0.1, 0.15) is 16.8 Å². The Morgan fingerprint density at radius 3 is 2.47 bits per heavy atom. The molecule has 0 bridgehead atoms. The van der Waals surface area contributed by atoms with Crippen molar-refractivity contribution >= 4 is 28.9 Å². The number of aromatic nitrogens is 5. The number of amides is 1. The number of carbonyl (C=O) groups is 1. The van der Waals surface area contributed by atoms with Crippen LogP contribution in [0.5, 0.6) is 0 Å². The number of nitrogens with zero attached hydrogens (tertiary/aromatic N) is 5. The molecule has 34 heavy (non-hydrogen) atoms. The van der Waals surface area contributed by atoms with E-state index < -0.39 is 17.2 Å². The SMILES string of the molecule is CC(C)(C)OC(=O)NC1(c2ccc(-n3c(-c4ccccn4)nc4cnc(Cl)nc43)cc2)CCC1. The number of carbonyl (C=O) groups excluding carboxylic acids is 1. The number of imidazole rings is 1. The number of halogens is 1. The number of fused-ring (bicyclic) bond motifs is 1. The summed E-state index contributed by atoms with van der Waals surface area (Å²) < 4.78 is 7.42. The molecule has 0 radical (unpaired) electrons. The maximum Gasteiger partial charge on any atom is 0.408 e. The lowest BCUT2D eigenvalue weighted by molar-refractivity contribution is 0.0377. The fraction of sp³-hybridized carbons (Fsp3) is 0.320. The van der Waals surface area contributed by atoms with Gasteiger partial charge >= 0.3 is 6.09 Å². The Bertz CT molecular complexity index is 1340. The summed E-state index contributed by atoms with van der Waals surface area (Å²) in [5.74, 6) is 0.644. The van der Waals surface area contributed by atoms with Gasteiger partial charge in [0.2, 0.25) is 5.28 Å². The molecular weight excluding hydrogens is 452 g/mol. The molecule has 1 amide bonds. The molecule has 0 aliphatic heterocycles. The van der Waals surface area contributed by atoms with Crippen molar-refractivity contribution in [2.24, 2.45) is 0 Å². The van der Waals surface area contributed by atoms with E-state index in [4.69, 9.17) is 21.3 Å². The third-order valence-corrected chi connectivity index (χ3v) is 6.07. The van der Waals surface area contributed by atoms with E-state index in [0.717, 1.165) is 30.5 Å². The van der Waals surface area contributed by atoms with Crippen molar-refractivity contribution in [3.8, 4) is 17.2 Å². The Labute approximate surface area is 202 Å². The molecule has 3 aromatic heterocycles. The normalized spacial score (nSPS) is 15.1. The summed E-state index contributed by atoms with van der Waals surface area (Å²) in [7, 11) is 0. The molecule has 5 rings (SSSR count). The first kappa shape index (κ1) is 22.3. The van der Waals surface area contributed by atoms with Crippen LogP contribution in [0.15, 0.2) is 54.9 Å². The van der Waals surface area contributed by atoms with Gasteiger partial charge in [-0.05, 0) is 81.5 Å². The highest BCUT2D eigenvalue weighted by molar-refractivity contribution is 6.28. The van der Waals surface area contributed by atoms with E-state index in [1.165, 1.54) is 0 Å². The van der Waals surface area contributed by atoms with Crippen LogP contribution in [0, 0.1) is 0 Å². The Morgan fingerprint density at radius 2 is 1.85 bits per heavy atom. The number of nitrogens with one attached hydrogen (secondary N) is 1. The van der Waals surface area contributed by atoms with Crippen LogP contribution < -0.4 is 5.32 Å². The van der Waals surface area contributed by atoms with E-state index >= 15 is 0 Å². The minimum Gasteiger partial charge on any atom is -0.444 e. The van der Waals surface area contributed by atoms with Gasteiger partial charge in [0.05, 0.1) is 11.7 Å². The van der Waals surface area contributed by atoms with Crippen LogP contribution in [-0.4, -0.2) is 36.2 Å². The summed E-state index contributed by atoms with van der Waals surface area (Å²) in [6.45, 7) is 5.58. The monoisotopic (exact) mass is 476 g/mol. The first-order chi connectivity index (χ1) is 16.2. The van der Waals surface area contributed by atoms with E-state index in [0.29, 0.717) is 22.7 Å². The second-order valence-electron chi connectivity index (χ2n) is 9.44. The molecule has 0 spiro atoms. The Hall–Kier alpha value is -3.52. The molecule has 0 saturated heterocycles. The molecule has 4 aromatic rings. The molecule has 8 nitrogen and oxygen atoms in total. The van der Waals surface area contributed by atoms with Gasteiger partial charge < -0.3 is 10.1 Å². The Kier molecular flexibility index (Phi) is 5.48. The molecule has 1 aromatic carbocycles. The molecule has 1 aliphatic carbocycles. The molecule has 1 saturated carbocycles. The van der Waals surface area contributed by atoms with Crippen molar-refractivity contribution in [1.29, 1.82) is 0 Å². The smallest absolute Gasteiger partial charge is 0.408 e. The van der Waals surface area contributed by atoms with Gasteiger partial charge in [-0.1, -0.05) is 18.2 Å². The predicted molar refractivity (Wildman–Crippen MR) is 130 cm³/mol. The minimum atomic E-state index is -0.549. The van der Waals surface area contributed by atoms with Crippen molar-refractivity contribution < 1.29 is 9.53 Å². The fourth-order valence-electron chi connectivity index (χ4n) is 4.21. The van der Waals surface area contributed by atoms with E-state index in [9.17, 15) is 4.79 Å². The Morgan fingerprint density at radius 1 is 1.09 bits per heavy atom. The van der Waals surface area contributed by atoms with Crippen LogP contribution in [-0.2, 0) is 10.3 Å². The zero-order valence-electron chi connectivity index (χ0n) is 19.2. The molecule has 1 N–H and O–H groups in total. The standard InChI is InChI=1S/C25H25ClN6O2/c1-24(2,3)34-23(33)31-25(12-6-13-25)16-8-10-17(11-9-16)32-20(18-7-4-5-14-27-18)29-19-15-28-22(26)30-21(19)32/h4-5,7-11,14-15H,6,12-13H2,1-3H3,(H,31,33). The van der Waals surface area contributed by atoms with Crippen LogP contribution >= 0.6 is 11.6 Å². The van der Waals surface area contributed by atoms with Crippen LogP contribution in [0.1, 0.15) is 45.6 Å². The molecule has 1 aliphatic rings. The first-order valence-corrected chi connectivity index (χ1v) is 11.6. The van der Waals surface area contributed by atoms with Gasteiger partial charge in [-0.2, -0.15) is 4.98 Å². The van der Waals surface area contributed by atoms with Gasteiger partial charge in [-0.15, -0.1) is 0 Å². The summed E-state index contributed by atoms with van der Waals surface area (Å²) >= 11 is 6.11. The molecule has 0 atom stereocenters. The molecule has 174 valence electrons. The molecule has 3 heterocycles. The van der Waals surface area contributed by atoms with Gasteiger partial charge in [0.15, 0.2) is 11.5 Å². The van der Waals surface area contributed by atoms with E-state index in [1.807, 2.05) is 67.8 Å². The van der Waals surface area contributed by atoms with Crippen molar-refractivity contribution in [1.82, 2.24) is 29.8 Å². The first-order valence-electron chi connectivity index (χ1n) is 11.2. The lowest BCUT2D eigenvalue weighted by atomic mass is 9.72. The van der Waals surface area contributed by atoms with Crippen LogP contribution in [0.25, 0.3) is 28.4 Å². The second kappa shape index (κ2) is 8.36. The predicted octanol–water partition coefficient (Wildman–Crippen LogP) is 5.43. The summed E-state index contributed by atoms with van der Waals surface area (Å²) in [5.41, 5.74) is 2.84. The topological polar surface area (TPSA) is 94.8 Å². The lowest BCUT2D eigenvalue weighted by Gasteiger charge is -2.43. The zero-order valence-corrected chi connectivity index (χ0v) is 20.0. The van der Waals surface area contributed by atoms with Crippen molar-refractivity contribution in [2.45, 2.75) is 51.2 Å². The third kappa shape index (κ3) is 4.21. The maximum atomic E-state index is 12.5. The average molecular weight is 477 g/mol. The van der Waals surface area contributed by atoms with Gasteiger partial charge in [-0.25, -0.2) is 14.8 Å². The zero-order chi connectivity index (χ0) is 23.9. The highest BCUT2D eigenvalue weighted by atomic mass is 35.5. The van der Waals surface area contributed by atoms with Crippen LogP contribution in [0.4, 0.5) is 4.79 Å². The molecule has 1 fully saturated rings. The fourth-order valence-corrected chi connectivity index (χ4v) is 4.34. The summed E-state index contributed by atoms with van der Waals surface area (Å²) in [6.07, 6.45) is 5.70. The van der Waals surface area contributed by atoms with E-state index in [1.54, 1.807) is 12.4 Å². The summed E-state index contributed by atoms with van der Waals surface area (Å²) in [6, 6.07) is 13.7. The molecule has 0 unspecified atom stereocenters. The number of alkyl carbamates (subject to hydrolysis) is 1. The number of ether oxygens (including phenoxy) is 1. The number of benzene rings is 1. The van der Waals surface area contributed by atoms with E-state index in [2.05, 4.69) is 20.3 Å². The Balaban J connectivity index is 1.53. The second-order valence-corrected chi connectivity index (χ2v) is 9.78. The van der Waals surface area contributed by atoms with Crippen molar-refractivity contribution in [3.63, 3.8) is 0 Å². The average Bonchev–Trinajstić information content (AvgIpc) is 3.14. The van der Waals surface area contributed by atoms with Gasteiger partial charge in [0.25, 0.3) is 0 Å². The summed E-state index contributed by atoms with van der Waals surface area (Å²) in [4.78, 5) is 30.2. The lowest BCUT2D eigenvalue weighted by Crippen LogP contribution is -2.52. The summed E-state index contributed by atoms with van der Waals surface area (Å²) in [5, 5.41) is 3.25. The largest absolute Gasteiger partial charge is 0.444 e. The minimum absolute atomic E-state index is 0.146. The molecular formula is C25H25ClN6O2. The van der Waals surface area contributed by atoms with Crippen LogP contribution in [0.2, 0.25) is 5.28 Å². The van der Waals surface area contributed by atoms with Gasteiger partial charge in [-0.3, -0.25) is 9.55 Å². The third-order valence-electron chi connectivity index (χ3n) is 5.89. The maximum absolute atomic E-state index is 12.5. The van der Waals surface area contributed by atoms with Gasteiger partial charge in [0, 0.05) is 11.9 Å². The number of hydrogen-bond acceptors (Lipinski definition) is 6. The van der Waals surface area contributed by atoms with Crippen LogP contribution in [0.3, 0.4) is 0 Å². The quantitative estimate of drug-likeness (QED) is 0.394. The van der Waals surface area contributed by atoms with Crippen molar-refractivity contribution in [3.05, 3.63) is 65.7 Å². The highest BCUT2D eigenvalue weighted by Gasteiger charge is 2.41. The van der Waals surface area contributed by atoms with E-state index in [-0.39, 0.29) is 5.28 Å².